The first-order valence-corrected chi connectivity index (χ1v) is 7.96. The summed E-state index contributed by atoms with van der Waals surface area (Å²) in [5.41, 5.74) is 3.96. The molecule has 0 heterocycles. The molecule has 0 saturated carbocycles. The molecule has 3 aromatic carbocycles. The van der Waals surface area contributed by atoms with E-state index in [1.165, 1.54) is 0 Å². The third-order valence-corrected chi connectivity index (χ3v) is 3.91. The quantitative estimate of drug-likeness (QED) is 0.635. The van der Waals surface area contributed by atoms with Crippen molar-refractivity contribution >= 4 is 5.78 Å². The van der Waals surface area contributed by atoms with Crippen molar-refractivity contribution in [3.63, 3.8) is 0 Å². The SMILES string of the molecule is CC(=O)C(c1ccccc1)c1ccc(C#Cc2ccccc2)cc1. The van der Waals surface area contributed by atoms with E-state index in [4.69, 9.17) is 0 Å². The number of carbonyl (C=O) groups excluding carboxylic acids is 1. The van der Waals surface area contributed by atoms with Gasteiger partial charge in [0.15, 0.2) is 0 Å². The monoisotopic (exact) mass is 310 g/mol. The number of hydrogen-bond acceptors (Lipinski definition) is 1. The third-order valence-electron chi connectivity index (χ3n) is 3.91. The fraction of sp³-hybridized carbons (Fsp3) is 0.0870. The minimum atomic E-state index is -0.220. The Morgan fingerprint density at radius 3 is 1.67 bits per heavy atom. The minimum Gasteiger partial charge on any atom is -0.299 e. The maximum Gasteiger partial charge on any atom is 0.141 e. The lowest BCUT2D eigenvalue weighted by atomic mass is 9.88. The highest BCUT2D eigenvalue weighted by atomic mass is 16.1. The predicted octanol–water partition coefficient (Wildman–Crippen LogP) is 4.81. The molecular formula is C23H18O. The first kappa shape index (κ1) is 15.8. The van der Waals surface area contributed by atoms with Crippen LogP contribution in [0.1, 0.15) is 35.1 Å². The lowest BCUT2D eigenvalue weighted by Crippen LogP contribution is -2.10. The molecule has 3 rings (SSSR count). The molecule has 1 nitrogen and oxygen atoms in total. The fourth-order valence-electron chi connectivity index (χ4n) is 2.73. The van der Waals surface area contributed by atoms with E-state index >= 15 is 0 Å². The topological polar surface area (TPSA) is 17.1 Å². The molecular weight excluding hydrogens is 292 g/mol. The average molecular weight is 310 g/mol. The van der Waals surface area contributed by atoms with Crippen LogP contribution in [0.15, 0.2) is 84.9 Å². The van der Waals surface area contributed by atoms with E-state index < -0.39 is 0 Å². The van der Waals surface area contributed by atoms with Crippen molar-refractivity contribution in [3.8, 4) is 11.8 Å². The first-order chi connectivity index (χ1) is 11.7. The van der Waals surface area contributed by atoms with E-state index in [1.54, 1.807) is 6.92 Å². The molecule has 116 valence electrons. The molecule has 1 unspecified atom stereocenters. The van der Waals surface area contributed by atoms with Crippen LogP contribution < -0.4 is 0 Å². The van der Waals surface area contributed by atoms with E-state index in [0.29, 0.717) is 0 Å². The van der Waals surface area contributed by atoms with Crippen LogP contribution in [0.25, 0.3) is 0 Å². The van der Waals surface area contributed by atoms with Crippen molar-refractivity contribution in [1.29, 1.82) is 0 Å². The molecule has 0 saturated heterocycles. The number of carbonyl (C=O) groups is 1. The van der Waals surface area contributed by atoms with Crippen LogP contribution in [0.2, 0.25) is 0 Å². The van der Waals surface area contributed by atoms with Gasteiger partial charge in [0.2, 0.25) is 0 Å². The Kier molecular flexibility index (Phi) is 4.89. The second-order valence-corrected chi connectivity index (χ2v) is 5.69. The second-order valence-electron chi connectivity index (χ2n) is 5.69. The standard InChI is InChI=1S/C23H18O/c1-18(24)23(21-10-6-3-7-11-21)22-16-14-20(15-17-22)13-12-19-8-4-2-5-9-19/h2-11,14-17,23H,1H3. The number of hydrogen-bond donors (Lipinski definition) is 0. The van der Waals surface area contributed by atoms with Gasteiger partial charge in [-0.15, -0.1) is 0 Å². The van der Waals surface area contributed by atoms with Crippen LogP contribution in [0.3, 0.4) is 0 Å². The zero-order valence-electron chi connectivity index (χ0n) is 13.6. The molecule has 0 fully saturated rings. The molecule has 0 N–H and O–H groups in total. The fourth-order valence-corrected chi connectivity index (χ4v) is 2.73. The van der Waals surface area contributed by atoms with Gasteiger partial charge in [-0.2, -0.15) is 0 Å². The molecule has 0 radical (unpaired) electrons. The van der Waals surface area contributed by atoms with Gasteiger partial charge < -0.3 is 0 Å². The zero-order valence-corrected chi connectivity index (χ0v) is 13.6. The molecule has 0 aliphatic rings. The first-order valence-electron chi connectivity index (χ1n) is 7.96. The van der Waals surface area contributed by atoms with Gasteiger partial charge in [0.05, 0.1) is 5.92 Å². The van der Waals surface area contributed by atoms with Crippen LogP contribution in [0.5, 0.6) is 0 Å². The molecule has 1 atom stereocenters. The molecule has 0 aliphatic carbocycles. The van der Waals surface area contributed by atoms with Gasteiger partial charge in [0, 0.05) is 11.1 Å². The average Bonchev–Trinajstić information content (AvgIpc) is 2.63. The maximum atomic E-state index is 12.1. The Balaban J connectivity index is 1.86. The summed E-state index contributed by atoms with van der Waals surface area (Å²) in [6.07, 6.45) is 0. The van der Waals surface area contributed by atoms with Crippen molar-refractivity contribution in [2.45, 2.75) is 12.8 Å². The highest BCUT2D eigenvalue weighted by molar-refractivity contribution is 5.86. The van der Waals surface area contributed by atoms with E-state index in [9.17, 15) is 4.79 Å². The minimum absolute atomic E-state index is 0.143. The molecule has 0 aliphatic heterocycles. The number of Topliss-reactive ketones (excluding diaryl/α,β-unsaturated/α-hetero) is 1. The van der Waals surface area contributed by atoms with Gasteiger partial charge in [-0.1, -0.05) is 72.5 Å². The maximum absolute atomic E-state index is 12.1. The summed E-state index contributed by atoms with van der Waals surface area (Å²) in [4.78, 5) is 12.1. The van der Waals surface area contributed by atoms with E-state index in [-0.39, 0.29) is 11.7 Å². The molecule has 24 heavy (non-hydrogen) atoms. The lowest BCUT2D eigenvalue weighted by molar-refractivity contribution is -0.117. The summed E-state index contributed by atoms with van der Waals surface area (Å²) < 4.78 is 0. The van der Waals surface area contributed by atoms with Gasteiger partial charge in [0.25, 0.3) is 0 Å². The number of rotatable bonds is 3. The molecule has 0 spiro atoms. The molecule has 3 aromatic rings. The van der Waals surface area contributed by atoms with Gasteiger partial charge >= 0.3 is 0 Å². The van der Waals surface area contributed by atoms with Crippen LogP contribution in [-0.2, 0) is 4.79 Å². The van der Waals surface area contributed by atoms with Crippen molar-refractivity contribution in [1.82, 2.24) is 0 Å². The van der Waals surface area contributed by atoms with E-state index in [1.807, 2.05) is 84.9 Å². The molecule has 0 amide bonds. The van der Waals surface area contributed by atoms with Crippen LogP contribution in [0, 0.1) is 11.8 Å². The predicted molar refractivity (Wildman–Crippen MR) is 97.8 cm³/mol. The summed E-state index contributed by atoms with van der Waals surface area (Å²) in [5.74, 6) is 6.23. The van der Waals surface area contributed by atoms with Gasteiger partial charge in [-0.3, -0.25) is 4.79 Å². The van der Waals surface area contributed by atoms with Gasteiger partial charge in [-0.25, -0.2) is 0 Å². The van der Waals surface area contributed by atoms with E-state index in [0.717, 1.165) is 22.3 Å². The van der Waals surface area contributed by atoms with Crippen molar-refractivity contribution in [3.05, 3.63) is 107 Å². The third kappa shape index (κ3) is 3.80. The highest BCUT2D eigenvalue weighted by Crippen LogP contribution is 2.25. The summed E-state index contributed by atoms with van der Waals surface area (Å²) in [5, 5.41) is 0. The van der Waals surface area contributed by atoms with Crippen LogP contribution in [0.4, 0.5) is 0 Å². The van der Waals surface area contributed by atoms with E-state index in [2.05, 4.69) is 11.8 Å². The Bertz CT molecular complexity index is 866. The Hall–Kier alpha value is -3.11. The van der Waals surface area contributed by atoms with Crippen LogP contribution in [-0.4, -0.2) is 5.78 Å². The van der Waals surface area contributed by atoms with Crippen molar-refractivity contribution in [2.75, 3.05) is 0 Å². The second kappa shape index (κ2) is 7.44. The molecule has 1 heteroatoms. The number of ketones is 1. The smallest absolute Gasteiger partial charge is 0.141 e. The Morgan fingerprint density at radius 2 is 1.12 bits per heavy atom. The number of benzene rings is 3. The molecule has 0 aromatic heterocycles. The normalized spacial score (nSPS) is 11.2. The summed E-state index contributed by atoms with van der Waals surface area (Å²) in [6.45, 7) is 1.64. The van der Waals surface area contributed by atoms with Gasteiger partial charge in [0.1, 0.15) is 5.78 Å². The van der Waals surface area contributed by atoms with Crippen molar-refractivity contribution in [2.24, 2.45) is 0 Å². The zero-order chi connectivity index (χ0) is 16.8. The summed E-state index contributed by atoms with van der Waals surface area (Å²) in [6, 6.07) is 27.7. The highest BCUT2D eigenvalue weighted by Gasteiger charge is 2.18. The largest absolute Gasteiger partial charge is 0.299 e. The van der Waals surface area contributed by atoms with Crippen molar-refractivity contribution < 1.29 is 4.79 Å². The summed E-state index contributed by atoms with van der Waals surface area (Å²) >= 11 is 0. The van der Waals surface area contributed by atoms with Crippen LogP contribution >= 0.6 is 0 Å². The Labute approximate surface area is 143 Å². The lowest BCUT2D eigenvalue weighted by Gasteiger charge is -2.14. The molecule has 0 bridgehead atoms. The Morgan fingerprint density at radius 1 is 0.667 bits per heavy atom. The van der Waals surface area contributed by atoms with Gasteiger partial charge in [-0.05, 0) is 42.3 Å². The summed E-state index contributed by atoms with van der Waals surface area (Å²) in [7, 11) is 0.